The van der Waals surface area contributed by atoms with Crippen molar-refractivity contribution in [3.8, 4) is 0 Å². The van der Waals surface area contributed by atoms with Gasteiger partial charge in [0.1, 0.15) is 11.9 Å². The molecule has 9 unspecified atom stereocenters. The molecule has 1 saturated carbocycles. The SMILES string of the molecule is CNC1C(O)C(O)C(N)C(OC2OC(C(C)N)=CCC2N)C1O. The van der Waals surface area contributed by atoms with Gasteiger partial charge in [0.05, 0.1) is 42.5 Å². The second-order valence-corrected chi connectivity index (χ2v) is 6.25. The molecule has 0 aromatic rings. The summed E-state index contributed by atoms with van der Waals surface area (Å²) in [5, 5.41) is 33.2. The number of rotatable bonds is 4. The lowest BCUT2D eigenvalue weighted by atomic mass is 9.82. The van der Waals surface area contributed by atoms with Gasteiger partial charge in [-0.25, -0.2) is 0 Å². The van der Waals surface area contributed by atoms with Crippen molar-refractivity contribution in [3.05, 3.63) is 11.8 Å². The van der Waals surface area contributed by atoms with Gasteiger partial charge in [-0.15, -0.1) is 0 Å². The van der Waals surface area contributed by atoms with Crippen molar-refractivity contribution < 1.29 is 24.8 Å². The van der Waals surface area contributed by atoms with Gasteiger partial charge >= 0.3 is 0 Å². The van der Waals surface area contributed by atoms with Gasteiger partial charge in [0.2, 0.25) is 6.29 Å². The van der Waals surface area contributed by atoms with Crippen LogP contribution in [0.25, 0.3) is 0 Å². The van der Waals surface area contributed by atoms with Crippen molar-refractivity contribution in [1.29, 1.82) is 0 Å². The fourth-order valence-electron chi connectivity index (χ4n) is 2.99. The molecule has 0 aromatic carbocycles. The Kier molecular flexibility index (Phi) is 5.98. The summed E-state index contributed by atoms with van der Waals surface area (Å²) < 4.78 is 11.4. The molecular weight excluding hydrogens is 304 g/mol. The van der Waals surface area contributed by atoms with Crippen LogP contribution in [-0.2, 0) is 9.47 Å². The summed E-state index contributed by atoms with van der Waals surface area (Å²) in [4.78, 5) is 0. The van der Waals surface area contributed by atoms with E-state index in [0.29, 0.717) is 12.2 Å². The summed E-state index contributed by atoms with van der Waals surface area (Å²) in [7, 11) is 1.57. The lowest BCUT2D eigenvalue weighted by Gasteiger charge is -2.46. The van der Waals surface area contributed by atoms with Gasteiger partial charge in [-0.2, -0.15) is 0 Å². The van der Waals surface area contributed by atoms with Crippen LogP contribution in [0.5, 0.6) is 0 Å². The third-order valence-corrected chi connectivity index (χ3v) is 4.46. The van der Waals surface area contributed by atoms with Crippen LogP contribution in [0.3, 0.4) is 0 Å². The quantitative estimate of drug-likeness (QED) is 0.278. The first kappa shape index (κ1) is 18.6. The van der Waals surface area contributed by atoms with E-state index < -0.39 is 48.8 Å². The molecule has 23 heavy (non-hydrogen) atoms. The average molecular weight is 332 g/mol. The van der Waals surface area contributed by atoms with Gasteiger partial charge in [-0.3, -0.25) is 0 Å². The molecular formula is C14H28N4O5. The van der Waals surface area contributed by atoms with Crippen LogP contribution < -0.4 is 22.5 Å². The summed E-state index contributed by atoms with van der Waals surface area (Å²) in [5.74, 6) is 0.557. The van der Waals surface area contributed by atoms with E-state index in [4.69, 9.17) is 26.7 Å². The monoisotopic (exact) mass is 332 g/mol. The van der Waals surface area contributed by atoms with Crippen LogP contribution in [0, 0.1) is 0 Å². The highest BCUT2D eigenvalue weighted by Crippen LogP contribution is 2.27. The molecule has 0 saturated heterocycles. The fourth-order valence-corrected chi connectivity index (χ4v) is 2.99. The number of aliphatic hydroxyl groups is 3. The number of ether oxygens (including phenoxy) is 2. The highest BCUT2D eigenvalue weighted by atomic mass is 16.7. The summed E-state index contributed by atoms with van der Waals surface area (Å²) in [6.45, 7) is 1.78. The predicted octanol–water partition coefficient (Wildman–Crippen LogP) is -3.31. The third kappa shape index (κ3) is 3.67. The van der Waals surface area contributed by atoms with Crippen molar-refractivity contribution in [1.82, 2.24) is 5.32 Å². The Balaban J connectivity index is 2.12. The van der Waals surface area contributed by atoms with Crippen molar-refractivity contribution in [2.45, 2.75) is 68.2 Å². The number of hydrogen-bond donors (Lipinski definition) is 7. The average Bonchev–Trinajstić information content (AvgIpc) is 2.51. The van der Waals surface area contributed by atoms with Crippen LogP contribution in [0.1, 0.15) is 13.3 Å². The third-order valence-electron chi connectivity index (χ3n) is 4.46. The summed E-state index contributed by atoms with van der Waals surface area (Å²) >= 11 is 0. The zero-order chi connectivity index (χ0) is 17.3. The Morgan fingerprint density at radius 1 is 1.26 bits per heavy atom. The molecule has 9 atom stereocenters. The van der Waals surface area contributed by atoms with Crippen LogP contribution in [-0.4, -0.2) is 77.2 Å². The number of hydrogen-bond acceptors (Lipinski definition) is 9. The topological polar surface area (TPSA) is 169 Å². The zero-order valence-corrected chi connectivity index (χ0v) is 13.4. The molecule has 0 aromatic heterocycles. The second kappa shape index (κ2) is 7.41. The highest BCUT2D eigenvalue weighted by Gasteiger charge is 2.49. The van der Waals surface area contributed by atoms with Crippen molar-refractivity contribution in [2.24, 2.45) is 17.2 Å². The maximum Gasteiger partial charge on any atom is 0.215 e. The van der Waals surface area contributed by atoms with Crippen LogP contribution in [0.15, 0.2) is 11.8 Å². The molecule has 1 aliphatic carbocycles. The fraction of sp³-hybridized carbons (Fsp3) is 0.857. The van der Waals surface area contributed by atoms with Gasteiger partial charge in [0.15, 0.2) is 0 Å². The molecule has 9 nitrogen and oxygen atoms in total. The first-order valence-electron chi connectivity index (χ1n) is 7.78. The lowest BCUT2D eigenvalue weighted by Crippen LogP contribution is -2.70. The minimum Gasteiger partial charge on any atom is -0.466 e. The molecule has 134 valence electrons. The Bertz CT molecular complexity index is 435. The molecule has 1 aliphatic heterocycles. The smallest absolute Gasteiger partial charge is 0.215 e. The molecule has 9 heteroatoms. The molecule has 0 radical (unpaired) electrons. The predicted molar refractivity (Wildman–Crippen MR) is 82.9 cm³/mol. The Morgan fingerprint density at radius 2 is 1.91 bits per heavy atom. The number of nitrogens with two attached hydrogens (primary N) is 3. The summed E-state index contributed by atoms with van der Waals surface area (Å²) in [5.41, 5.74) is 17.7. The number of likely N-dealkylation sites (N-methyl/N-ethyl adjacent to an activating group) is 1. The van der Waals surface area contributed by atoms with Gasteiger partial charge in [-0.05, 0) is 26.5 Å². The second-order valence-electron chi connectivity index (χ2n) is 6.25. The Morgan fingerprint density at radius 3 is 2.48 bits per heavy atom. The minimum atomic E-state index is -1.25. The zero-order valence-electron chi connectivity index (χ0n) is 13.4. The van der Waals surface area contributed by atoms with Crippen molar-refractivity contribution in [2.75, 3.05) is 7.05 Å². The van der Waals surface area contributed by atoms with E-state index in [-0.39, 0.29) is 6.04 Å². The van der Waals surface area contributed by atoms with Crippen LogP contribution >= 0.6 is 0 Å². The Labute approximate surface area is 135 Å². The maximum absolute atomic E-state index is 10.4. The van der Waals surface area contributed by atoms with Crippen LogP contribution in [0.2, 0.25) is 0 Å². The van der Waals surface area contributed by atoms with E-state index in [2.05, 4.69) is 5.32 Å². The van der Waals surface area contributed by atoms with Crippen molar-refractivity contribution in [3.63, 3.8) is 0 Å². The molecule has 1 fully saturated rings. The Hall–Kier alpha value is -0.780. The summed E-state index contributed by atoms with van der Waals surface area (Å²) in [6, 6.07) is -2.52. The van der Waals surface area contributed by atoms with Gasteiger partial charge < -0.3 is 47.3 Å². The van der Waals surface area contributed by atoms with Gasteiger partial charge in [0, 0.05) is 0 Å². The van der Waals surface area contributed by atoms with E-state index in [1.807, 2.05) is 0 Å². The maximum atomic E-state index is 10.4. The van der Waals surface area contributed by atoms with Crippen molar-refractivity contribution >= 4 is 0 Å². The van der Waals surface area contributed by atoms with E-state index in [1.165, 1.54) is 0 Å². The van der Waals surface area contributed by atoms with E-state index in [0.717, 1.165) is 0 Å². The first-order valence-corrected chi connectivity index (χ1v) is 7.78. The van der Waals surface area contributed by atoms with Crippen LogP contribution in [0.4, 0.5) is 0 Å². The first-order chi connectivity index (χ1) is 10.8. The molecule has 0 amide bonds. The minimum absolute atomic E-state index is 0.309. The summed E-state index contributed by atoms with van der Waals surface area (Å²) in [6.07, 6.45) is -3.05. The molecule has 0 spiro atoms. The molecule has 0 bridgehead atoms. The molecule has 10 N–H and O–H groups in total. The molecule has 2 aliphatic rings. The highest BCUT2D eigenvalue weighted by molar-refractivity contribution is 5.08. The largest absolute Gasteiger partial charge is 0.466 e. The normalized spacial score (nSPS) is 46.0. The standard InChI is InChI=1S/C14H28N4O5/c1-5(15)7-4-3-6(16)14(22-7)23-13-8(17)10(19)11(20)9(18-2)12(13)21/h4-6,8-14,18-21H,3,15-17H2,1-2H3. The molecule has 1 heterocycles. The van der Waals surface area contributed by atoms with E-state index in [1.54, 1.807) is 20.0 Å². The van der Waals surface area contributed by atoms with E-state index >= 15 is 0 Å². The van der Waals surface area contributed by atoms with E-state index in [9.17, 15) is 15.3 Å². The number of aliphatic hydroxyl groups excluding tert-OH is 3. The lowest BCUT2D eigenvalue weighted by molar-refractivity contribution is -0.228. The van der Waals surface area contributed by atoms with Gasteiger partial charge in [0.25, 0.3) is 0 Å². The molecule has 2 rings (SSSR count). The van der Waals surface area contributed by atoms with Gasteiger partial charge in [-0.1, -0.05) is 0 Å². The number of nitrogens with one attached hydrogen (secondary N) is 1.